The fourth-order valence-corrected chi connectivity index (χ4v) is 1.85. The molecule has 0 aromatic rings. The molecule has 1 N–H and O–H groups in total. The minimum absolute atomic E-state index is 0.119. The van der Waals surface area contributed by atoms with Crippen molar-refractivity contribution < 1.29 is 4.79 Å². The summed E-state index contributed by atoms with van der Waals surface area (Å²) in [6.07, 6.45) is 2.31. The summed E-state index contributed by atoms with van der Waals surface area (Å²) in [5, 5.41) is 3.08. The molecule has 0 aliphatic carbocycles. The van der Waals surface area contributed by atoms with Crippen molar-refractivity contribution in [1.82, 2.24) is 10.2 Å². The molecule has 0 aromatic carbocycles. The predicted molar refractivity (Wildman–Crippen MR) is 69.9 cm³/mol. The number of nitrogens with zero attached hydrogens (tertiary/aromatic N) is 1. The van der Waals surface area contributed by atoms with E-state index in [-0.39, 0.29) is 11.9 Å². The molecule has 0 fully saturated rings. The van der Waals surface area contributed by atoms with Crippen LogP contribution in [0.3, 0.4) is 0 Å². The zero-order valence-electron chi connectivity index (χ0n) is 10.9. The third-order valence-corrected chi connectivity index (χ3v) is 2.51. The SMILES string of the molecule is CC(C)CC(CN(C)C)NC(=O)CCCCl. The average molecular weight is 249 g/mol. The Balaban J connectivity index is 4.03. The van der Waals surface area contributed by atoms with Crippen molar-refractivity contribution in [1.29, 1.82) is 0 Å². The number of carbonyl (C=O) groups excluding carboxylic acids is 1. The van der Waals surface area contributed by atoms with Gasteiger partial charge in [0.25, 0.3) is 0 Å². The number of carbonyl (C=O) groups is 1. The lowest BCUT2D eigenvalue weighted by Gasteiger charge is -2.24. The second-order valence-electron chi connectivity index (χ2n) is 4.95. The van der Waals surface area contributed by atoms with E-state index in [0.29, 0.717) is 18.2 Å². The number of rotatable bonds is 8. The van der Waals surface area contributed by atoms with Crippen molar-refractivity contribution in [3.8, 4) is 0 Å². The molecule has 0 aliphatic rings. The maximum atomic E-state index is 11.6. The number of hydrogen-bond acceptors (Lipinski definition) is 2. The molecule has 0 heterocycles. The first-order valence-electron chi connectivity index (χ1n) is 5.95. The smallest absolute Gasteiger partial charge is 0.220 e. The highest BCUT2D eigenvalue weighted by molar-refractivity contribution is 6.17. The van der Waals surface area contributed by atoms with Gasteiger partial charge in [-0.1, -0.05) is 13.8 Å². The number of halogens is 1. The van der Waals surface area contributed by atoms with E-state index >= 15 is 0 Å². The van der Waals surface area contributed by atoms with Crippen molar-refractivity contribution in [2.45, 2.75) is 39.2 Å². The van der Waals surface area contributed by atoms with Crippen LogP contribution in [0, 0.1) is 5.92 Å². The number of hydrogen-bond donors (Lipinski definition) is 1. The van der Waals surface area contributed by atoms with Gasteiger partial charge in [0.2, 0.25) is 5.91 Å². The average Bonchev–Trinajstić information content (AvgIpc) is 2.12. The highest BCUT2D eigenvalue weighted by Gasteiger charge is 2.14. The Morgan fingerprint density at radius 1 is 1.38 bits per heavy atom. The van der Waals surface area contributed by atoms with Gasteiger partial charge in [-0.2, -0.15) is 0 Å². The molecule has 16 heavy (non-hydrogen) atoms. The Morgan fingerprint density at radius 2 is 2.00 bits per heavy atom. The van der Waals surface area contributed by atoms with Crippen LogP contribution in [0.25, 0.3) is 0 Å². The summed E-state index contributed by atoms with van der Waals surface area (Å²) in [4.78, 5) is 13.7. The van der Waals surface area contributed by atoms with E-state index in [9.17, 15) is 4.79 Å². The van der Waals surface area contributed by atoms with Gasteiger partial charge in [-0.3, -0.25) is 4.79 Å². The second kappa shape index (κ2) is 8.82. The van der Waals surface area contributed by atoms with E-state index < -0.39 is 0 Å². The van der Waals surface area contributed by atoms with E-state index in [2.05, 4.69) is 24.1 Å². The molecule has 0 aromatic heterocycles. The maximum Gasteiger partial charge on any atom is 0.220 e. The minimum Gasteiger partial charge on any atom is -0.352 e. The molecule has 0 saturated carbocycles. The fraction of sp³-hybridized carbons (Fsp3) is 0.917. The van der Waals surface area contributed by atoms with Crippen molar-refractivity contribution >= 4 is 17.5 Å². The van der Waals surface area contributed by atoms with Gasteiger partial charge in [0.1, 0.15) is 0 Å². The van der Waals surface area contributed by atoms with Crippen molar-refractivity contribution in [3.05, 3.63) is 0 Å². The molecule has 0 spiro atoms. The van der Waals surface area contributed by atoms with Gasteiger partial charge in [-0.05, 0) is 32.9 Å². The van der Waals surface area contributed by atoms with Crippen molar-refractivity contribution in [3.63, 3.8) is 0 Å². The molecule has 0 saturated heterocycles. The number of amides is 1. The molecular weight excluding hydrogens is 224 g/mol. The quantitative estimate of drug-likeness (QED) is 0.668. The summed E-state index contributed by atoms with van der Waals surface area (Å²) in [6.45, 7) is 5.24. The molecule has 0 bridgehead atoms. The number of nitrogens with one attached hydrogen (secondary N) is 1. The molecular formula is C12H25ClN2O. The lowest BCUT2D eigenvalue weighted by Crippen LogP contribution is -2.42. The summed E-state index contributed by atoms with van der Waals surface area (Å²) >= 11 is 5.56. The molecule has 1 amide bonds. The summed E-state index contributed by atoms with van der Waals surface area (Å²) in [7, 11) is 4.05. The topological polar surface area (TPSA) is 32.3 Å². The lowest BCUT2D eigenvalue weighted by atomic mass is 10.0. The van der Waals surface area contributed by atoms with Gasteiger partial charge in [0.05, 0.1) is 0 Å². The normalized spacial score (nSPS) is 13.2. The molecule has 0 rings (SSSR count). The molecule has 4 heteroatoms. The van der Waals surface area contributed by atoms with E-state index in [1.807, 2.05) is 14.1 Å². The van der Waals surface area contributed by atoms with Crippen LogP contribution >= 0.6 is 11.6 Å². The highest BCUT2D eigenvalue weighted by Crippen LogP contribution is 2.06. The first-order valence-corrected chi connectivity index (χ1v) is 6.49. The first kappa shape index (κ1) is 15.7. The van der Waals surface area contributed by atoms with Crippen LogP contribution in [-0.4, -0.2) is 43.4 Å². The van der Waals surface area contributed by atoms with Gasteiger partial charge in [-0.15, -0.1) is 11.6 Å². The van der Waals surface area contributed by atoms with Crippen LogP contribution in [0.4, 0.5) is 0 Å². The van der Waals surface area contributed by atoms with Crippen LogP contribution in [0.1, 0.15) is 33.1 Å². The van der Waals surface area contributed by atoms with Crippen LogP contribution in [0.15, 0.2) is 0 Å². The second-order valence-corrected chi connectivity index (χ2v) is 5.33. The van der Waals surface area contributed by atoms with Gasteiger partial charge in [0, 0.05) is 24.9 Å². The third kappa shape index (κ3) is 8.98. The minimum atomic E-state index is 0.119. The molecule has 1 unspecified atom stereocenters. The van der Waals surface area contributed by atoms with Crippen molar-refractivity contribution in [2.24, 2.45) is 5.92 Å². The Morgan fingerprint density at radius 3 is 2.44 bits per heavy atom. The van der Waals surface area contributed by atoms with Gasteiger partial charge in [0.15, 0.2) is 0 Å². The van der Waals surface area contributed by atoms with E-state index in [0.717, 1.165) is 19.4 Å². The first-order chi connectivity index (χ1) is 7.45. The molecule has 0 radical (unpaired) electrons. The van der Waals surface area contributed by atoms with Gasteiger partial charge in [-0.25, -0.2) is 0 Å². The zero-order chi connectivity index (χ0) is 12.6. The summed E-state index contributed by atoms with van der Waals surface area (Å²) < 4.78 is 0. The zero-order valence-corrected chi connectivity index (χ0v) is 11.7. The monoisotopic (exact) mass is 248 g/mol. The molecule has 96 valence electrons. The number of alkyl halides is 1. The molecule has 3 nitrogen and oxygen atoms in total. The number of likely N-dealkylation sites (N-methyl/N-ethyl adjacent to an activating group) is 1. The maximum absolute atomic E-state index is 11.6. The Bertz CT molecular complexity index is 185. The molecule has 1 atom stereocenters. The van der Waals surface area contributed by atoms with Crippen LogP contribution in [0.5, 0.6) is 0 Å². The Labute approximate surface area is 105 Å². The van der Waals surface area contributed by atoms with Gasteiger partial charge >= 0.3 is 0 Å². The van der Waals surface area contributed by atoms with Crippen LogP contribution in [-0.2, 0) is 4.79 Å². The molecule has 0 aliphatic heterocycles. The summed E-state index contributed by atoms with van der Waals surface area (Å²) in [5.74, 6) is 1.27. The van der Waals surface area contributed by atoms with E-state index in [1.54, 1.807) is 0 Å². The Hall–Kier alpha value is -0.280. The van der Waals surface area contributed by atoms with E-state index in [4.69, 9.17) is 11.6 Å². The van der Waals surface area contributed by atoms with Crippen LogP contribution < -0.4 is 5.32 Å². The van der Waals surface area contributed by atoms with E-state index in [1.165, 1.54) is 0 Å². The standard InChI is InChI=1S/C12H25ClN2O/c1-10(2)8-11(9-15(3)4)14-12(16)6-5-7-13/h10-11H,5-9H2,1-4H3,(H,14,16). The lowest BCUT2D eigenvalue weighted by molar-refractivity contribution is -0.122. The van der Waals surface area contributed by atoms with Crippen molar-refractivity contribution in [2.75, 3.05) is 26.5 Å². The predicted octanol–water partition coefficient (Wildman–Crippen LogP) is 2.10. The summed E-state index contributed by atoms with van der Waals surface area (Å²) in [5.41, 5.74) is 0. The van der Waals surface area contributed by atoms with Crippen LogP contribution in [0.2, 0.25) is 0 Å². The Kier molecular flexibility index (Phi) is 8.67. The fourth-order valence-electron chi connectivity index (χ4n) is 1.72. The third-order valence-electron chi connectivity index (χ3n) is 2.24. The largest absolute Gasteiger partial charge is 0.352 e. The summed E-state index contributed by atoms with van der Waals surface area (Å²) in [6, 6.07) is 0.248. The van der Waals surface area contributed by atoms with Gasteiger partial charge < -0.3 is 10.2 Å². The highest BCUT2D eigenvalue weighted by atomic mass is 35.5.